The molecule has 7 rings (SSSR count). The lowest BCUT2D eigenvalue weighted by atomic mass is 9.73. The number of cyclic esters (lactones) is 1. The van der Waals surface area contributed by atoms with Gasteiger partial charge in [-0.25, -0.2) is 9.48 Å². The van der Waals surface area contributed by atoms with Gasteiger partial charge in [-0.2, -0.15) is 0 Å². The maximum absolute atomic E-state index is 14.0. The van der Waals surface area contributed by atoms with Crippen molar-refractivity contribution in [2.75, 3.05) is 32.8 Å². The lowest BCUT2D eigenvalue weighted by Gasteiger charge is -2.47. The first-order chi connectivity index (χ1) is 19.5. The normalized spacial score (nSPS) is 25.6. The number of nitrogens with zero attached hydrogens (tertiary/aromatic N) is 6. The Morgan fingerprint density at radius 2 is 2.08 bits per heavy atom. The minimum Gasteiger partial charge on any atom is -0.457 e. The highest BCUT2D eigenvalue weighted by atomic mass is 16.5. The highest BCUT2D eigenvalue weighted by Crippen LogP contribution is 2.37. The van der Waals surface area contributed by atoms with Crippen molar-refractivity contribution in [3.05, 3.63) is 82.2 Å². The van der Waals surface area contributed by atoms with Crippen molar-refractivity contribution in [3.63, 3.8) is 0 Å². The molecule has 1 aliphatic carbocycles. The largest absolute Gasteiger partial charge is 0.457 e. The molecule has 1 unspecified atom stereocenters. The van der Waals surface area contributed by atoms with Crippen molar-refractivity contribution in [2.45, 2.75) is 37.5 Å². The second kappa shape index (κ2) is 9.46. The highest BCUT2D eigenvalue weighted by Gasteiger charge is 2.46. The number of hydrogen-bond donors (Lipinski definition) is 0. The summed E-state index contributed by atoms with van der Waals surface area (Å²) in [7, 11) is 0. The molecular weight excluding hydrogens is 512 g/mol. The second-order valence-electron chi connectivity index (χ2n) is 10.8. The number of allylic oxidation sites excluding steroid dienone is 1. The predicted molar refractivity (Wildman–Crippen MR) is 141 cm³/mol. The molecule has 4 aliphatic rings. The summed E-state index contributed by atoms with van der Waals surface area (Å²) in [5.74, 6) is -0.484. The van der Waals surface area contributed by atoms with Crippen LogP contribution < -0.4 is 0 Å². The van der Waals surface area contributed by atoms with Gasteiger partial charge in [-0.15, -0.1) is 5.10 Å². The van der Waals surface area contributed by atoms with Gasteiger partial charge in [0.1, 0.15) is 24.6 Å². The highest BCUT2D eigenvalue weighted by molar-refractivity contribution is 6.06. The van der Waals surface area contributed by atoms with Gasteiger partial charge in [0.15, 0.2) is 0 Å². The van der Waals surface area contributed by atoms with Crippen molar-refractivity contribution in [2.24, 2.45) is 0 Å². The van der Waals surface area contributed by atoms with E-state index in [9.17, 15) is 14.4 Å². The fraction of sp³-hybridized carbons (Fsp3) is 0.379. The molecule has 204 valence electrons. The third-order valence-electron chi connectivity index (χ3n) is 8.74. The number of ether oxygens (including phenoxy) is 2. The Morgan fingerprint density at radius 3 is 2.90 bits per heavy atom. The summed E-state index contributed by atoms with van der Waals surface area (Å²) in [4.78, 5) is 42.8. The van der Waals surface area contributed by atoms with Crippen molar-refractivity contribution in [1.82, 2.24) is 30.0 Å². The quantitative estimate of drug-likeness (QED) is 0.210. The molecule has 11 nitrogen and oxygen atoms in total. The first kappa shape index (κ1) is 24.8. The van der Waals surface area contributed by atoms with E-state index in [2.05, 4.69) is 20.4 Å². The van der Waals surface area contributed by atoms with Crippen LogP contribution in [0, 0.1) is 6.92 Å². The number of carbonyl (C=O) groups excluding carboxylic acids is 3. The van der Waals surface area contributed by atoms with Gasteiger partial charge >= 0.3 is 5.97 Å². The molecule has 0 bridgehead atoms. The van der Waals surface area contributed by atoms with Crippen molar-refractivity contribution < 1.29 is 23.9 Å². The Bertz CT molecular complexity index is 1550. The summed E-state index contributed by atoms with van der Waals surface area (Å²) in [6.45, 7) is 5.18. The maximum atomic E-state index is 14.0. The number of esters is 1. The smallest absolute Gasteiger partial charge is 0.338 e. The van der Waals surface area contributed by atoms with Crippen LogP contribution >= 0.6 is 0 Å². The van der Waals surface area contributed by atoms with Crippen LogP contribution in [-0.2, 0) is 37.5 Å². The molecule has 11 heteroatoms. The minimum atomic E-state index is -1.37. The van der Waals surface area contributed by atoms with Crippen LogP contribution in [-0.4, -0.2) is 87.0 Å². The molecule has 2 fully saturated rings. The summed E-state index contributed by atoms with van der Waals surface area (Å²) in [5, 5.41) is 11.3. The average molecular weight is 541 g/mol. The number of piperazine rings is 1. The molecule has 2 aromatic carbocycles. The summed E-state index contributed by atoms with van der Waals surface area (Å²) >= 11 is 0. The summed E-state index contributed by atoms with van der Waals surface area (Å²) < 4.78 is 13.1. The molecule has 0 spiro atoms. The van der Waals surface area contributed by atoms with Gasteiger partial charge in [-0.1, -0.05) is 24.3 Å². The van der Waals surface area contributed by atoms with Gasteiger partial charge in [-0.3, -0.25) is 9.69 Å². The van der Waals surface area contributed by atoms with E-state index in [-0.39, 0.29) is 24.0 Å². The van der Waals surface area contributed by atoms with E-state index in [0.717, 1.165) is 34.2 Å². The number of benzene rings is 2. The zero-order chi connectivity index (χ0) is 27.4. The van der Waals surface area contributed by atoms with Crippen LogP contribution in [0.15, 0.2) is 48.8 Å². The van der Waals surface area contributed by atoms with Crippen LogP contribution in [0.3, 0.4) is 0 Å². The Balaban J connectivity index is 1.09. The zero-order valence-corrected chi connectivity index (χ0v) is 22.0. The molecule has 40 heavy (non-hydrogen) atoms. The topological polar surface area (TPSA) is 120 Å². The number of carbonyl (C=O) groups is 3. The van der Waals surface area contributed by atoms with E-state index in [1.165, 1.54) is 6.33 Å². The van der Waals surface area contributed by atoms with Gasteiger partial charge in [0, 0.05) is 31.7 Å². The molecule has 0 N–H and O–H groups in total. The standard InChI is InChI=1S/C29H28N6O5/c1-18-22(5-6-23-24(18)15-40-27(23)37)26-13-33-9-10-34(12-21(33)14-39-26)28(38)29(16-36)8-2-3-19-11-20(4-7-25(19)29)35-17-30-31-32-35/h2,4-8,11,16-17,21,26H,3,9-10,12-15H2,1H3/t21-,26+,29?/m0/s1. The average Bonchev–Trinajstić information content (AvgIpc) is 3.67. The van der Waals surface area contributed by atoms with E-state index in [1.807, 2.05) is 43.3 Å². The van der Waals surface area contributed by atoms with E-state index in [0.29, 0.717) is 56.9 Å². The van der Waals surface area contributed by atoms with E-state index in [4.69, 9.17) is 9.47 Å². The molecule has 0 saturated carbocycles. The maximum Gasteiger partial charge on any atom is 0.338 e. The third kappa shape index (κ3) is 3.80. The van der Waals surface area contributed by atoms with Gasteiger partial charge in [-0.05, 0) is 64.2 Å². The second-order valence-corrected chi connectivity index (χ2v) is 10.8. The molecule has 3 aromatic rings. The Labute approximate surface area is 230 Å². The fourth-order valence-electron chi connectivity index (χ4n) is 6.51. The van der Waals surface area contributed by atoms with Crippen LogP contribution in [0.4, 0.5) is 0 Å². The number of tetrazole rings is 1. The van der Waals surface area contributed by atoms with Crippen molar-refractivity contribution in [3.8, 4) is 5.69 Å². The molecule has 1 amide bonds. The predicted octanol–water partition coefficient (Wildman–Crippen LogP) is 1.47. The van der Waals surface area contributed by atoms with Crippen molar-refractivity contribution in [1.29, 1.82) is 0 Å². The van der Waals surface area contributed by atoms with Gasteiger partial charge in [0.2, 0.25) is 5.91 Å². The fourth-order valence-corrected chi connectivity index (χ4v) is 6.51. The van der Waals surface area contributed by atoms with E-state index in [1.54, 1.807) is 15.7 Å². The SMILES string of the molecule is Cc1c([C@H]2CN3CCN(C(=O)C4(C=O)C=CCc5cc(-n6cnnn6)ccc54)C[C@H]3CO2)ccc2c1COC2=O. The Hall–Kier alpha value is -4.22. The van der Waals surface area contributed by atoms with E-state index >= 15 is 0 Å². The van der Waals surface area contributed by atoms with Crippen LogP contribution in [0.5, 0.6) is 0 Å². The van der Waals surface area contributed by atoms with Crippen LogP contribution in [0.1, 0.15) is 44.3 Å². The molecule has 4 heterocycles. The Kier molecular flexibility index (Phi) is 5.86. The van der Waals surface area contributed by atoms with E-state index < -0.39 is 5.41 Å². The summed E-state index contributed by atoms with van der Waals surface area (Å²) in [5.41, 5.74) is 4.68. The summed E-state index contributed by atoms with van der Waals surface area (Å²) in [6, 6.07) is 9.43. The first-order valence-electron chi connectivity index (χ1n) is 13.4. The molecule has 1 aromatic heterocycles. The number of aldehydes is 1. The minimum absolute atomic E-state index is 0.0338. The number of morpholine rings is 1. The van der Waals surface area contributed by atoms with Gasteiger partial charge < -0.3 is 19.2 Å². The number of aromatic nitrogens is 4. The van der Waals surface area contributed by atoms with Crippen LogP contribution in [0.2, 0.25) is 0 Å². The number of fused-ring (bicyclic) bond motifs is 3. The molecule has 3 aliphatic heterocycles. The number of amides is 1. The van der Waals surface area contributed by atoms with Crippen LogP contribution in [0.25, 0.3) is 5.69 Å². The van der Waals surface area contributed by atoms with Gasteiger partial charge in [0.25, 0.3) is 0 Å². The zero-order valence-electron chi connectivity index (χ0n) is 22.0. The first-order valence-corrected chi connectivity index (χ1v) is 13.4. The molecule has 0 radical (unpaired) electrons. The molecule has 2 saturated heterocycles. The lowest BCUT2D eigenvalue weighted by molar-refractivity contribution is -0.145. The van der Waals surface area contributed by atoms with Crippen molar-refractivity contribution >= 4 is 18.2 Å². The summed E-state index contributed by atoms with van der Waals surface area (Å²) in [6.07, 6.45) is 6.40. The lowest BCUT2D eigenvalue weighted by Crippen LogP contribution is -2.62. The van der Waals surface area contributed by atoms with Gasteiger partial charge in [0.05, 0.1) is 30.0 Å². The number of hydrogen-bond acceptors (Lipinski definition) is 9. The third-order valence-corrected chi connectivity index (χ3v) is 8.74. The molecular formula is C29H28N6O5. The number of rotatable bonds is 4. The monoisotopic (exact) mass is 540 g/mol. The Morgan fingerprint density at radius 1 is 1.18 bits per heavy atom. The molecule has 3 atom stereocenters.